The summed E-state index contributed by atoms with van der Waals surface area (Å²) in [5, 5.41) is 18.2. The Morgan fingerprint density at radius 2 is 1.80 bits per heavy atom. The molecule has 4 rings (SSSR count). The Balaban J connectivity index is 1.71. The quantitative estimate of drug-likeness (QED) is 0.479. The number of rotatable bonds is 7. The molecule has 1 aromatic carbocycles. The molecule has 2 amide bonds. The molecule has 0 aromatic heterocycles. The van der Waals surface area contributed by atoms with Crippen LogP contribution in [-0.2, 0) is 35.1 Å². The van der Waals surface area contributed by atoms with Crippen molar-refractivity contribution in [2.75, 3.05) is 38.2 Å². The molecule has 2 unspecified atom stereocenters. The number of halogens is 3. The second-order valence-corrected chi connectivity index (χ2v) is 12.7. The summed E-state index contributed by atoms with van der Waals surface area (Å²) in [5.74, 6) is -3.89. The SMILES string of the molecule is CO[C@H]1C[C@@H](S(=O)(=O)c2ccc(N3CCN(C(C)=O)CC3)cc2C(F)(F)F)C[C@]1(C(=O)O)C1CC1(C#N)C(N)=O. The van der Waals surface area contributed by atoms with Gasteiger partial charge in [0.05, 0.1) is 27.9 Å². The van der Waals surface area contributed by atoms with Crippen molar-refractivity contribution in [2.24, 2.45) is 22.5 Å². The molecular weight excluding hydrogens is 557 g/mol. The van der Waals surface area contributed by atoms with E-state index >= 15 is 0 Å². The second kappa shape index (κ2) is 9.91. The summed E-state index contributed by atoms with van der Waals surface area (Å²) in [6.45, 7) is 2.50. The number of nitriles is 1. The molecule has 11 nitrogen and oxygen atoms in total. The maximum atomic E-state index is 14.2. The van der Waals surface area contributed by atoms with Crippen molar-refractivity contribution < 1.29 is 45.8 Å². The summed E-state index contributed by atoms with van der Waals surface area (Å²) in [6.07, 6.45) is -7.68. The van der Waals surface area contributed by atoms with Crippen LogP contribution in [0.4, 0.5) is 18.9 Å². The van der Waals surface area contributed by atoms with Crippen molar-refractivity contribution in [1.82, 2.24) is 4.90 Å². The summed E-state index contributed by atoms with van der Waals surface area (Å²) in [4.78, 5) is 38.3. The zero-order valence-electron chi connectivity index (χ0n) is 21.8. The number of carboxylic acid groups (broad SMARTS) is 1. The number of carbonyl (C=O) groups is 3. The lowest BCUT2D eigenvalue weighted by Crippen LogP contribution is -2.48. The molecule has 3 aliphatic rings. The predicted molar refractivity (Wildman–Crippen MR) is 132 cm³/mol. The lowest BCUT2D eigenvalue weighted by Gasteiger charge is -2.36. The van der Waals surface area contributed by atoms with E-state index in [-0.39, 0.29) is 31.1 Å². The number of amides is 2. The average molecular weight is 587 g/mol. The molecule has 3 N–H and O–H groups in total. The average Bonchev–Trinajstić information content (AvgIpc) is 3.52. The summed E-state index contributed by atoms with van der Waals surface area (Å²) >= 11 is 0. The first-order valence-corrected chi connectivity index (χ1v) is 14.0. The number of methoxy groups -OCH3 is 1. The summed E-state index contributed by atoms with van der Waals surface area (Å²) in [5.41, 5.74) is 0.247. The van der Waals surface area contributed by atoms with Gasteiger partial charge in [-0.1, -0.05) is 0 Å². The minimum absolute atomic E-state index is 0.133. The van der Waals surface area contributed by atoms with Gasteiger partial charge in [0.25, 0.3) is 0 Å². The van der Waals surface area contributed by atoms with Crippen LogP contribution in [0.2, 0.25) is 0 Å². The monoisotopic (exact) mass is 586 g/mol. The zero-order chi connectivity index (χ0) is 29.8. The maximum Gasteiger partial charge on any atom is 0.417 e. The zero-order valence-corrected chi connectivity index (χ0v) is 22.6. The van der Waals surface area contributed by atoms with Crippen molar-refractivity contribution in [2.45, 2.75) is 48.6 Å². The van der Waals surface area contributed by atoms with E-state index in [1.54, 1.807) is 15.9 Å². The number of hydrogen-bond acceptors (Lipinski definition) is 8. The first-order valence-electron chi connectivity index (χ1n) is 12.5. The van der Waals surface area contributed by atoms with Gasteiger partial charge < -0.3 is 25.4 Å². The van der Waals surface area contributed by atoms with E-state index < -0.39 is 79.3 Å². The van der Waals surface area contributed by atoms with E-state index in [0.29, 0.717) is 13.1 Å². The van der Waals surface area contributed by atoms with Gasteiger partial charge in [-0.2, -0.15) is 18.4 Å². The van der Waals surface area contributed by atoms with Crippen LogP contribution in [0.15, 0.2) is 23.1 Å². The number of hydrogen-bond donors (Lipinski definition) is 2. The Morgan fingerprint density at radius 3 is 2.25 bits per heavy atom. The van der Waals surface area contributed by atoms with Gasteiger partial charge >= 0.3 is 12.1 Å². The Labute approximate surface area is 228 Å². The van der Waals surface area contributed by atoms with Gasteiger partial charge in [0, 0.05) is 51.8 Å². The van der Waals surface area contributed by atoms with Gasteiger partial charge in [-0.25, -0.2) is 8.42 Å². The minimum Gasteiger partial charge on any atom is -0.481 e. The van der Waals surface area contributed by atoms with Crippen LogP contribution < -0.4 is 10.6 Å². The Kier molecular flexibility index (Phi) is 7.34. The molecule has 3 fully saturated rings. The highest BCUT2D eigenvalue weighted by atomic mass is 32.2. The minimum atomic E-state index is -5.05. The van der Waals surface area contributed by atoms with E-state index in [2.05, 4.69) is 0 Å². The normalized spacial score (nSPS) is 30.6. The number of primary amides is 1. The largest absolute Gasteiger partial charge is 0.481 e. The van der Waals surface area contributed by atoms with Crippen LogP contribution in [0.25, 0.3) is 0 Å². The highest BCUT2D eigenvalue weighted by Gasteiger charge is 2.75. The molecule has 5 atom stereocenters. The van der Waals surface area contributed by atoms with Gasteiger partial charge in [-0.3, -0.25) is 14.4 Å². The molecule has 0 spiro atoms. The predicted octanol–water partition coefficient (Wildman–Crippen LogP) is 1.41. The molecule has 1 heterocycles. The first kappa shape index (κ1) is 29.6. The van der Waals surface area contributed by atoms with E-state index in [4.69, 9.17) is 10.5 Å². The van der Waals surface area contributed by atoms with Crippen LogP contribution in [0.3, 0.4) is 0 Å². The first-order chi connectivity index (χ1) is 18.6. The molecule has 0 radical (unpaired) electrons. The number of piperazine rings is 1. The van der Waals surface area contributed by atoms with Crippen molar-refractivity contribution in [1.29, 1.82) is 5.26 Å². The topological polar surface area (TPSA) is 171 Å². The smallest absolute Gasteiger partial charge is 0.417 e. The number of ether oxygens (including phenoxy) is 1. The van der Waals surface area contributed by atoms with Crippen LogP contribution in [0.5, 0.6) is 0 Å². The van der Waals surface area contributed by atoms with E-state index in [9.17, 15) is 46.3 Å². The molecular formula is C25H29F3N4O7S. The van der Waals surface area contributed by atoms with E-state index in [1.807, 2.05) is 0 Å². The highest BCUT2D eigenvalue weighted by Crippen LogP contribution is 2.66. The molecule has 0 bridgehead atoms. The molecule has 1 aromatic rings. The van der Waals surface area contributed by atoms with E-state index in [0.717, 1.165) is 19.2 Å². The number of carbonyl (C=O) groups excluding carboxylic acids is 2. The van der Waals surface area contributed by atoms with Crippen molar-refractivity contribution in [3.63, 3.8) is 0 Å². The number of alkyl halides is 3. The third-order valence-corrected chi connectivity index (χ3v) is 10.8. The number of nitrogens with zero attached hydrogens (tertiary/aromatic N) is 3. The number of aliphatic carboxylic acids is 1. The fourth-order valence-electron chi connectivity index (χ4n) is 6.30. The fourth-order valence-corrected chi connectivity index (χ4v) is 8.32. The number of sulfone groups is 1. The van der Waals surface area contributed by atoms with Gasteiger partial charge in [0.1, 0.15) is 10.8 Å². The maximum absolute atomic E-state index is 14.2. The number of carboxylic acids is 1. The number of nitrogens with two attached hydrogens (primary N) is 1. The number of anilines is 1. The molecule has 1 aliphatic heterocycles. The molecule has 1 saturated heterocycles. The van der Waals surface area contributed by atoms with Gasteiger partial charge in [0.2, 0.25) is 11.8 Å². The molecule has 40 heavy (non-hydrogen) atoms. The van der Waals surface area contributed by atoms with Gasteiger partial charge in [-0.15, -0.1) is 0 Å². The van der Waals surface area contributed by atoms with Gasteiger partial charge in [0.15, 0.2) is 9.84 Å². The Bertz CT molecular complexity index is 1390. The second-order valence-electron chi connectivity index (χ2n) is 10.6. The Hall–Kier alpha value is -3.38. The summed E-state index contributed by atoms with van der Waals surface area (Å²) < 4.78 is 75.5. The van der Waals surface area contributed by atoms with Crippen LogP contribution >= 0.6 is 0 Å². The third kappa shape index (κ3) is 4.56. The molecule has 2 aliphatic carbocycles. The van der Waals surface area contributed by atoms with Crippen molar-refractivity contribution in [3.8, 4) is 6.07 Å². The molecule has 15 heteroatoms. The van der Waals surface area contributed by atoms with Gasteiger partial charge in [-0.05, 0) is 37.5 Å². The lowest BCUT2D eigenvalue weighted by atomic mass is 9.75. The van der Waals surface area contributed by atoms with Crippen LogP contribution in [-0.4, -0.2) is 80.9 Å². The highest BCUT2D eigenvalue weighted by molar-refractivity contribution is 7.92. The number of benzene rings is 1. The fraction of sp³-hybridized carbons (Fsp3) is 0.600. The lowest BCUT2D eigenvalue weighted by molar-refractivity contribution is -0.159. The standard InChI is InChI=1S/C25H29F3N4O7S/c1-14(33)31-5-7-32(8-6-31)15-3-4-18(17(9-15)25(26,27)28)40(37,38)16-10-20(39-2)24(11-16,22(35)36)19-12-23(19,13-29)21(30)34/h3-4,9,16,19-20H,5-8,10-12H2,1-2H3,(H2,30,34)(H,35,36)/t16-,19?,20+,23?,24+/m1/s1. The van der Waals surface area contributed by atoms with Crippen LogP contribution in [0.1, 0.15) is 31.7 Å². The van der Waals surface area contributed by atoms with Crippen LogP contribution in [0, 0.1) is 28.1 Å². The van der Waals surface area contributed by atoms with Crippen molar-refractivity contribution >= 4 is 33.3 Å². The molecule has 2 saturated carbocycles. The molecule has 218 valence electrons. The van der Waals surface area contributed by atoms with Crippen molar-refractivity contribution in [3.05, 3.63) is 23.8 Å². The third-order valence-electron chi connectivity index (χ3n) is 8.63. The summed E-state index contributed by atoms with van der Waals surface area (Å²) in [7, 11) is -3.63. The Morgan fingerprint density at radius 1 is 1.18 bits per heavy atom. The summed E-state index contributed by atoms with van der Waals surface area (Å²) in [6, 6.07) is 4.62. The van der Waals surface area contributed by atoms with E-state index in [1.165, 1.54) is 13.0 Å².